The van der Waals surface area contributed by atoms with Crippen molar-refractivity contribution in [3.8, 4) is 11.5 Å². The summed E-state index contributed by atoms with van der Waals surface area (Å²) in [7, 11) is 0. The minimum Gasteiger partial charge on any atom is -0.427 e. The first-order valence-corrected chi connectivity index (χ1v) is 8.61. The van der Waals surface area contributed by atoms with Crippen LogP contribution in [0.25, 0.3) is 0 Å². The second kappa shape index (κ2) is 7.09. The van der Waals surface area contributed by atoms with Crippen molar-refractivity contribution < 1.29 is 22.6 Å². The number of aliphatic imine (C=N–C) groups is 1. The number of benzene rings is 1. The molecule has 0 amide bonds. The third-order valence-corrected chi connectivity index (χ3v) is 4.15. The molecule has 0 spiro atoms. The normalized spacial score (nSPS) is 16.3. The number of rotatable bonds is 2. The number of halogens is 7. The average molecular weight is 461 g/mol. The molecule has 0 atom stereocenters. The number of aromatic nitrogens is 1. The van der Waals surface area contributed by atoms with E-state index < -0.39 is 21.7 Å². The van der Waals surface area contributed by atoms with Crippen molar-refractivity contribution >= 4 is 58.1 Å². The van der Waals surface area contributed by atoms with E-state index >= 15 is 0 Å². The zero-order valence-corrected chi connectivity index (χ0v) is 15.9. The highest BCUT2D eigenvalue weighted by molar-refractivity contribution is 6.68. The summed E-state index contributed by atoms with van der Waals surface area (Å²) in [5.41, 5.74) is 0. The molecule has 1 aromatic carbocycles. The van der Waals surface area contributed by atoms with Gasteiger partial charge in [0.2, 0.25) is 5.84 Å². The summed E-state index contributed by atoms with van der Waals surface area (Å²) in [6.07, 6.45) is -3.81. The molecule has 1 N–H and O–H groups in total. The van der Waals surface area contributed by atoms with Gasteiger partial charge in [-0.15, -0.1) is 0 Å². The van der Waals surface area contributed by atoms with Gasteiger partial charge >= 0.3 is 12.1 Å². The Morgan fingerprint density at radius 3 is 2.07 bits per heavy atom. The van der Waals surface area contributed by atoms with Gasteiger partial charge in [-0.2, -0.15) is 18.2 Å². The van der Waals surface area contributed by atoms with Crippen LogP contribution in [0.4, 0.5) is 19.0 Å². The van der Waals surface area contributed by atoms with Gasteiger partial charge in [-0.3, -0.25) is 0 Å². The molecule has 1 aromatic heterocycles. The van der Waals surface area contributed by atoms with Gasteiger partial charge in [-0.05, 0) is 24.3 Å². The van der Waals surface area contributed by atoms with Gasteiger partial charge in [0.15, 0.2) is 11.5 Å². The largest absolute Gasteiger partial charge is 0.449 e. The molecule has 0 fully saturated rings. The SMILES string of the molecule is FC(F)(F)C(=NC1(C(Cl)(Cl)Cl)Oc2ccccc2O1)Nc1ccc(Cl)cn1. The van der Waals surface area contributed by atoms with E-state index in [-0.39, 0.29) is 22.3 Å². The molecule has 2 aromatic rings. The topological polar surface area (TPSA) is 55.7 Å². The van der Waals surface area contributed by atoms with Crippen molar-refractivity contribution in [2.24, 2.45) is 4.99 Å². The summed E-state index contributed by atoms with van der Waals surface area (Å²) in [5, 5.41) is 2.25. The smallest absolute Gasteiger partial charge is 0.427 e. The minimum atomic E-state index is -4.97. The van der Waals surface area contributed by atoms with Crippen LogP contribution in [-0.4, -0.2) is 26.7 Å². The first-order valence-electron chi connectivity index (χ1n) is 7.10. The molecule has 0 saturated heterocycles. The van der Waals surface area contributed by atoms with Gasteiger partial charge in [0, 0.05) is 6.20 Å². The molecule has 1 aliphatic heterocycles. The monoisotopic (exact) mass is 459 g/mol. The lowest BCUT2D eigenvalue weighted by Gasteiger charge is -2.30. The number of nitrogens with one attached hydrogen (secondary N) is 1. The number of alkyl halides is 6. The van der Waals surface area contributed by atoms with Crippen LogP contribution >= 0.6 is 46.4 Å². The van der Waals surface area contributed by atoms with Crippen LogP contribution in [0.1, 0.15) is 0 Å². The molecule has 0 bridgehead atoms. The first kappa shape index (κ1) is 20.1. The van der Waals surface area contributed by atoms with Crippen LogP contribution in [0.2, 0.25) is 5.02 Å². The lowest BCUT2D eigenvalue weighted by atomic mass is 10.3. The molecular formula is C15H8Cl4F3N3O2. The first-order chi connectivity index (χ1) is 12.5. The number of hydrogen-bond donors (Lipinski definition) is 1. The molecule has 2 heterocycles. The van der Waals surface area contributed by atoms with Crippen LogP contribution in [-0.2, 0) is 0 Å². The third kappa shape index (κ3) is 4.29. The molecule has 0 unspecified atom stereocenters. The Morgan fingerprint density at radius 1 is 1.04 bits per heavy atom. The zero-order valence-electron chi connectivity index (χ0n) is 12.9. The van der Waals surface area contributed by atoms with Crippen molar-refractivity contribution in [3.63, 3.8) is 0 Å². The molecular weight excluding hydrogens is 453 g/mol. The Bertz CT molecular complexity index is 845. The van der Waals surface area contributed by atoms with Crippen LogP contribution in [0.15, 0.2) is 47.6 Å². The van der Waals surface area contributed by atoms with Gasteiger partial charge in [-0.1, -0.05) is 58.5 Å². The molecule has 3 rings (SSSR count). The van der Waals surface area contributed by atoms with Crippen molar-refractivity contribution in [2.45, 2.75) is 15.9 Å². The summed E-state index contributed by atoms with van der Waals surface area (Å²) in [6.45, 7) is 0. The van der Waals surface area contributed by atoms with E-state index in [4.69, 9.17) is 55.9 Å². The number of ether oxygens (including phenoxy) is 2. The quantitative estimate of drug-likeness (QED) is 0.360. The summed E-state index contributed by atoms with van der Waals surface area (Å²) in [6, 6.07) is 8.57. The maximum absolute atomic E-state index is 13.5. The maximum Gasteiger partial charge on any atom is 0.449 e. The lowest BCUT2D eigenvalue weighted by Crippen LogP contribution is -2.51. The highest BCUT2D eigenvalue weighted by atomic mass is 35.6. The van der Waals surface area contributed by atoms with Gasteiger partial charge in [0.05, 0.1) is 5.02 Å². The Labute approximate surface area is 171 Å². The molecule has 12 heteroatoms. The van der Waals surface area contributed by atoms with E-state index in [2.05, 4.69) is 9.98 Å². The van der Waals surface area contributed by atoms with Crippen LogP contribution in [0.5, 0.6) is 11.5 Å². The maximum atomic E-state index is 13.5. The number of hydrogen-bond acceptors (Lipinski definition) is 4. The second-order valence-corrected chi connectivity index (χ2v) is 7.89. The molecule has 0 radical (unpaired) electrons. The number of pyridine rings is 1. The van der Waals surface area contributed by atoms with Gasteiger partial charge < -0.3 is 14.8 Å². The lowest BCUT2D eigenvalue weighted by molar-refractivity contribution is -0.0821. The Morgan fingerprint density at radius 2 is 1.63 bits per heavy atom. The van der Waals surface area contributed by atoms with E-state index in [0.717, 1.165) is 6.20 Å². The molecule has 1 aliphatic rings. The van der Waals surface area contributed by atoms with Crippen LogP contribution in [0, 0.1) is 0 Å². The van der Waals surface area contributed by atoms with Crippen molar-refractivity contribution in [1.29, 1.82) is 0 Å². The van der Waals surface area contributed by atoms with Crippen molar-refractivity contribution in [3.05, 3.63) is 47.6 Å². The fourth-order valence-electron chi connectivity index (χ4n) is 2.04. The summed E-state index contributed by atoms with van der Waals surface area (Å²) >= 11 is 23.2. The van der Waals surface area contributed by atoms with Gasteiger partial charge in [0.25, 0.3) is 3.79 Å². The fourth-order valence-corrected chi connectivity index (χ4v) is 2.51. The summed E-state index contributed by atoms with van der Waals surface area (Å²) in [4.78, 5) is 7.18. The number of fused-ring (bicyclic) bond motifs is 1. The fraction of sp³-hybridized carbons (Fsp3) is 0.200. The Hall–Kier alpha value is -1.61. The molecule has 27 heavy (non-hydrogen) atoms. The Balaban J connectivity index is 2.04. The summed E-state index contributed by atoms with van der Waals surface area (Å²) < 4.78 is 48.8. The van der Waals surface area contributed by atoms with Gasteiger partial charge in [-0.25, -0.2) is 4.98 Å². The highest BCUT2D eigenvalue weighted by Crippen LogP contribution is 2.50. The molecule has 0 saturated carbocycles. The minimum absolute atomic E-state index is 0.0683. The number of nitrogens with zero attached hydrogens (tertiary/aromatic N) is 2. The second-order valence-electron chi connectivity index (χ2n) is 5.18. The van der Waals surface area contributed by atoms with E-state index in [9.17, 15) is 13.2 Å². The zero-order chi connectivity index (χ0) is 19.9. The standard InChI is InChI=1S/C15H8Cl4F3N3O2/c16-8-5-6-11(23-7-8)24-12(13(20,21)22)25-15(14(17,18)19)26-9-3-1-2-4-10(9)27-15/h1-7H,(H,23,24,25). The average Bonchev–Trinajstić information content (AvgIpc) is 2.95. The molecule has 0 aliphatic carbocycles. The molecule has 144 valence electrons. The Kier molecular flexibility index (Phi) is 5.28. The van der Waals surface area contributed by atoms with Gasteiger partial charge in [0.1, 0.15) is 5.82 Å². The van der Waals surface area contributed by atoms with E-state index in [1.54, 1.807) is 12.1 Å². The van der Waals surface area contributed by atoms with Crippen molar-refractivity contribution in [2.75, 3.05) is 5.32 Å². The van der Waals surface area contributed by atoms with Crippen LogP contribution < -0.4 is 14.8 Å². The van der Waals surface area contributed by atoms with Crippen LogP contribution in [0.3, 0.4) is 0 Å². The van der Waals surface area contributed by atoms with E-state index in [1.165, 1.54) is 24.3 Å². The predicted octanol–water partition coefficient (Wildman–Crippen LogP) is 5.60. The number of anilines is 1. The predicted molar refractivity (Wildman–Crippen MR) is 97.1 cm³/mol. The van der Waals surface area contributed by atoms with E-state index in [0.29, 0.717) is 0 Å². The molecule has 5 nitrogen and oxygen atoms in total. The third-order valence-electron chi connectivity index (χ3n) is 3.21. The van der Waals surface area contributed by atoms with E-state index in [1.807, 2.05) is 5.32 Å². The number of para-hydroxylation sites is 2. The summed E-state index contributed by atoms with van der Waals surface area (Å²) in [5.74, 6) is -4.20. The highest BCUT2D eigenvalue weighted by Gasteiger charge is 2.60. The van der Waals surface area contributed by atoms with Crippen molar-refractivity contribution in [1.82, 2.24) is 4.98 Å². The number of amidine groups is 1.